The van der Waals surface area contributed by atoms with Crippen molar-refractivity contribution < 1.29 is 9.53 Å². The van der Waals surface area contributed by atoms with Gasteiger partial charge in [0.05, 0.1) is 18.5 Å². The van der Waals surface area contributed by atoms with Crippen molar-refractivity contribution in [2.24, 2.45) is 0 Å². The number of esters is 1. The Balaban J connectivity index is 1.73. The van der Waals surface area contributed by atoms with Crippen LogP contribution in [0.5, 0.6) is 0 Å². The molecule has 0 fully saturated rings. The van der Waals surface area contributed by atoms with Crippen LogP contribution < -0.4 is 9.80 Å². The van der Waals surface area contributed by atoms with Crippen LogP contribution in [0.3, 0.4) is 0 Å². The molecule has 3 aromatic carbocycles. The lowest BCUT2D eigenvalue weighted by molar-refractivity contribution is -0.134. The van der Waals surface area contributed by atoms with Gasteiger partial charge in [-0.3, -0.25) is 0 Å². The average Bonchev–Trinajstić information content (AvgIpc) is 3.44. The van der Waals surface area contributed by atoms with Gasteiger partial charge in [0.25, 0.3) is 0 Å². The lowest BCUT2D eigenvalue weighted by atomic mass is 10.0. The molecule has 1 heterocycles. The highest BCUT2D eigenvalue weighted by Crippen LogP contribution is 2.35. The first-order chi connectivity index (χ1) is 19.0. The van der Waals surface area contributed by atoms with Gasteiger partial charge in [0.2, 0.25) is 0 Å². The molecule has 0 aliphatic rings. The SMILES string of the molecule is CCN(CC)c1ccc(-c2nc(-c3ccc(/C=C/C(=O)OC)cc3)[nH]c2-c2ccc(N(CC)CC)cc2)cc1. The first-order valence-electron chi connectivity index (χ1n) is 13.7. The lowest BCUT2D eigenvalue weighted by Crippen LogP contribution is -2.21. The van der Waals surface area contributed by atoms with Gasteiger partial charge >= 0.3 is 5.97 Å². The normalized spacial score (nSPS) is 11.1. The number of aromatic nitrogens is 2. The van der Waals surface area contributed by atoms with Gasteiger partial charge in [-0.05, 0) is 63.6 Å². The van der Waals surface area contributed by atoms with E-state index in [0.29, 0.717) is 0 Å². The summed E-state index contributed by atoms with van der Waals surface area (Å²) in [7, 11) is 1.37. The minimum atomic E-state index is -0.376. The van der Waals surface area contributed by atoms with E-state index in [9.17, 15) is 4.79 Å². The Bertz CT molecular complexity index is 1310. The summed E-state index contributed by atoms with van der Waals surface area (Å²) in [6, 6.07) is 25.3. The largest absolute Gasteiger partial charge is 0.466 e. The number of benzene rings is 3. The summed E-state index contributed by atoms with van der Waals surface area (Å²) in [5, 5.41) is 0. The minimum Gasteiger partial charge on any atom is -0.466 e. The zero-order valence-electron chi connectivity index (χ0n) is 23.6. The number of nitrogens with zero attached hydrogens (tertiary/aromatic N) is 3. The number of H-pyrrole nitrogens is 1. The molecule has 0 atom stereocenters. The summed E-state index contributed by atoms with van der Waals surface area (Å²) in [5.41, 5.74) is 8.36. The molecule has 0 saturated carbocycles. The topological polar surface area (TPSA) is 61.5 Å². The van der Waals surface area contributed by atoms with Gasteiger partial charge in [-0.2, -0.15) is 0 Å². The molecule has 0 spiro atoms. The molecule has 4 rings (SSSR count). The van der Waals surface area contributed by atoms with E-state index in [-0.39, 0.29) is 5.97 Å². The maximum Gasteiger partial charge on any atom is 0.330 e. The van der Waals surface area contributed by atoms with Crippen molar-refractivity contribution in [2.75, 3.05) is 43.1 Å². The number of hydrogen-bond acceptors (Lipinski definition) is 5. The fourth-order valence-electron chi connectivity index (χ4n) is 4.76. The Kier molecular flexibility index (Phi) is 9.21. The van der Waals surface area contributed by atoms with Crippen molar-refractivity contribution >= 4 is 23.4 Å². The van der Waals surface area contributed by atoms with Crippen molar-refractivity contribution in [2.45, 2.75) is 27.7 Å². The van der Waals surface area contributed by atoms with Crippen molar-refractivity contribution in [3.63, 3.8) is 0 Å². The van der Waals surface area contributed by atoms with Crippen LogP contribution in [-0.2, 0) is 9.53 Å². The number of carbonyl (C=O) groups excluding carboxylic acids is 1. The van der Waals surface area contributed by atoms with Crippen molar-refractivity contribution in [1.82, 2.24) is 9.97 Å². The number of anilines is 2. The maximum absolute atomic E-state index is 11.4. The molecular formula is C33H38N4O2. The summed E-state index contributed by atoms with van der Waals surface area (Å²) in [6.07, 6.45) is 3.16. The van der Waals surface area contributed by atoms with E-state index in [2.05, 4.69) is 95.7 Å². The van der Waals surface area contributed by atoms with Crippen LogP contribution in [0, 0.1) is 0 Å². The van der Waals surface area contributed by atoms with E-state index in [0.717, 1.165) is 65.6 Å². The molecule has 4 aromatic rings. The quantitative estimate of drug-likeness (QED) is 0.166. The van der Waals surface area contributed by atoms with Crippen LogP contribution in [0.15, 0.2) is 78.9 Å². The highest BCUT2D eigenvalue weighted by molar-refractivity contribution is 5.87. The Morgan fingerprint density at radius 1 is 0.744 bits per heavy atom. The third-order valence-corrected chi connectivity index (χ3v) is 7.05. The molecule has 0 amide bonds. The monoisotopic (exact) mass is 522 g/mol. The maximum atomic E-state index is 11.4. The summed E-state index contributed by atoms with van der Waals surface area (Å²) in [5.74, 6) is 0.419. The number of imidazole rings is 1. The third kappa shape index (κ3) is 6.40. The van der Waals surface area contributed by atoms with Gasteiger partial charge in [-0.25, -0.2) is 9.78 Å². The number of ether oxygens (including phenoxy) is 1. The zero-order valence-corrected chi connectivity index (χ0v) is 23.6. The molecule has 0 aliphatic carbocycles. The molecule has 6 nitrogen and oxygen atoms in total. The van der Waals surface area contributed by atoms with Gasteiger partial charge in [-0.1, -0.05) is 48.5 Å². The first kappa shape index (κ1) is 27.7. The molecule has 39 heavy (non-hydrogen) atoms. The number of carbonyl (C=O) groups is 1. The Hall–Kier alpha value is -4.32. The second-order valence-electron chi connectivity index (χ2n) is 9.23. The predicted octanol–water partition coefficient (Wildman–Crippen LogP) is 7.29. The zero-order chi connectivity index (χ0) is 27.8. The molecule has 0 saturated heterocycles. The van der Waals surface area contributed by atoms with Crippen LogP contribution in [0.25, 0.3) is 40.0 Å². The van der Waals surface area contributed by atoms with Gasteiger partial charge in [0, 0.05) is 60.3 Å². The number of rotatable bonds is 11. The van der Waals surface area contributed by atoms with Gasteiger partial charge in [0.15, 0.2) is 0 Å². The third-order valence-electron chi connectivity index (χ3n) is 7.05. The molecular weight excluding hydrogens is 484 g/mol. The molecule has 1 aromatic heterocycles. The number of hydrogen-bond donors (Lipinski definition) is 1. The van der Waals surface area contributed by atoms with E-state index in [1.807, 2.05) is 24.3 Å². The van der Waals surface area contributed by atoms with Crippen molar-refractivity contribution in [3.05, 3.63) is 84.4 Å². The summed E-state index contributed by atoms with van der Waals surface area (Å²) >= 11 is 0. The highest BCUT2D eigenvalue weighted by Gasteiger charge is 2.16. The van der Waals surface area contributed by atoms with Gasteiger partial charge in [-0.15, -0.1) is 0 Å². The summed E-state index contributed by atoms with van der Waals surface area (Å²) in [4.78, 5) is 24.8. The molecule has 0 aliphatic heterocycles. The Morgan fingerprint density at radius 3 is 1.72 bits per heavy atom. The van der Waals surface area contributed by atoms with E-state index in [4.69, 9.17) is 4.98 Å². The predicted molar refractivity (Wildman–Crippen MR) is 163 cm³/mol. The fraction of sp³-hybridized carbons (Fsp3) is 0.273. The first-order valence-corrected chi connectivity index (χ1v) is 13.7. The van der Waals surface area contributed by atoms with Crippen molar-refractivity contribution in [3.8, 4) is 33.9 Å². The second kappa shape index (κ2) is 13.0. The Labute approximate surface area is 232 Å². The van der Waals surface area contributed by atoms with Gasteiger partial charge < -0.3 is 19.5 Å². The molecule has 1 N–H and O–H groups in total. The molecule has 0 unspecified atom stereocenters. The molecule has 202 valence electrons. The molecule has 0 radical (unpaired) electrons. The summed E-state index contributed by atoms with van der Waals surface area (Å²) < 4.78 is 4.69. The van der Waals surface area contributed by atoms with Crippen LogP contribution in [0.1, 0.15) is 33.3 Å². The van der Waals surface area contributed by atoms with Gasteiger partial charge in [0.1, 0.15) is 5.82 Å². The van der Waals surface area contributed by atoms with E-state index < -0.39 is 0 Å². The second-order valence-corrected chi connectivity index (χ2v) is 9.23. The van der Waals surface area contributed by atoms with Crippen LogP contribution in [-0.4, -0.2) is 49.2 Å². The van der Waals surface area contributed by atoms with Crippen LogP contribution >= 0.6 is 0 Å². The average molecular weight is 523 g/mol. The molecule has 0 bridgehead atoms. The number of nitrogens with one attached hydrogen (secondary N) is 1. The van der Waals surface area contributed by atoms with Crippen molar-refractivity contribution in [1.29, 1.82) is 0 Å². The van der Waals surface area contributed by atoms with E-state index in [1.54, 1.807) is 6.08 Å². The molecule has 6 heteroatoms. The Morgan fingerprint density at radius 2 is 1.23 bits per heavy atom. The standard InChI is InChI=1S/C33H38N4O2/c1-6-36(7-2)28-19-15-25(16-20-28)31-32(26-17-21-29(22-18-26)37(8-3)9-4)35-33(34-31)27-13-10-24(11-14-27)12-23-30(38)39-5/h10-23H,6-9H2,1-5H3,(H,34,35)/b23-12+. The summed E-state index contributed by atoms with van der Waals surface area (Å²) in [6.45, 7) is 12.6. The van der Waals surface area contributed by atoms with Crippen LogP contribution in [0.4, 0.5) is 11.4 Å². The highest BCUT2D eigenvalue weighted by atomic mass is 16.5. The van der Waals surface area contributed by atoms with E-state index >= 15 is 0 Å². The number of methoxy groups -OCH3 is 1. The lowest BCUT2D eigenvalue weighted by Gasteiger charge is -2.21. The van der Waals surface area contributed by atoms with Crippen LogP contribution in [0.2, 0.25) is 0 Å². The fourth-order valence-corrected chi connectivity index (χ4v) is 4.76. The van der Waals surface area contributed by atoms with E-state index in [1.165, 1.54) is 24.6 Å². The number of aromatic amines is 1. The smallest absolute Gasteiger partial charge is 0.330 e. The minimum absolute atomic E-state index is 0.376.